The van der Waals surface area contributed by atoms with Gasteiger partial charge >= 0.3 is 0 Å². The molecule has 0 spiro atoms. The van der Waals surface area contributed by atoms with Crippen LogP contribution in [0.4, 0.5) is 0 Å². The minimum absolute atomic E-state index is 0.621. The van der Waals surface area contributed by atoms with Gasteiger partial charge in [-0.2, -0.15) is 0 Å². The lowest BCUT2D eigenvalue weighted by atomic mass is 10.2. The molecule has 2 nitrogen and oxygen atoms in total. The van der Waals surface area contributed by atoms with Crippen molar-refractivity contribution < 1.29 is 0 Å². The van der Waals surface area contributed by atoms with E-state index in [2.05, 4.69) is 6.58 Å². The third-order valence-electron chi connectivity index (χ3n) is 0.932. The number of hydrogen-bond acceptors (Lipinski definition) is 2. The standard InChI is InChI=1S/C8H12N2/c1-3-4-8(10)5-7(2)6-9/h3-6,9H,1,10H2,2H3/b7-5-,8-4-,9-6?. The largest absolute Gasteiger partial charge is 0.399 e. The molecule has 0 aliphatic rings. The van der Waals surface area contributed by atoms with Gasteiger partial charge in [-0.15, -0.1) is 0 Å². The molecule has 0 fully saturated rings. The van der Waals surface area contributed by atoms with Crippen molar-refractivity contribution in [1.82, 2.24) is 0 Å². The van der Waals surface area contributed by atoms with E-state index in [0.29, 0.717) is 5.70 Å². The second-order valence-electron chi connectivity index (χ2n) is 1.94. The minimum Gasteiger partial charge on any atom is -0.399 e. The van der Waals surface area contributed by atoms with Crippen molar-refractivity contribution in [3.8, 4) is 0 Å². The highest BCUT2D eigenvalue weighted by Gasteiger charge is 1.82. The van der Waals surface area contributed by atoms with E-state index >= 15 is 0 Å². The maximum absolute atomic E-state index is 6.83. The van der Waals surface area contributed by atoms with Crippen LogP contribution in [-0.2, 0) is 0 Å². The zero-order valence-corrected chi connectivity index (χ0v) is 6.09. The molecule has 0 aromatic carbocycles. The SMILES string of the molecule is C=C/C=C(N)/C=C(/C)C=N. The Morgan fingerprint density at radius 1 is 1.60 bits per heavy atom. The van der Waals surface area contributed by atoms with E-state index in [4.69, 9.17) is 11.1 Å². The first-order valence-corrected chi connectivity index (χ1v) is 2.97. The fraction of sp³-hybridized carbons (Fsp3) is 0.125. The van der Waals surface area contributed by atoms with Gasteiger partial charge in [-0.05, 0) is 24.6 Å². The fourth-order valence-corrected chi connectivity index (χ4v) is 0.489. The summed E-state index contributed by atoms with van der Waals surface area (Å²) in [5, 5.41) is 6.83. The Hall–Kier alpha value is -1.31. The lowest BCUT2D eigenvalue weighted by Crippen LogP contribution is -1.93. The quantitative estimate of drug-likeness (QED) is 0.449. The molecule has 0 unspecified atom stereocenters. The maximum atomic E-state index is 6.83. The van der Waals surface area contributed by atoms with Gasteiger partial charge in [-0.1, -0.05) is 12.7 Å². The molecule has 0 aliphatic carbocycles. The number of nitrogens with one attached hydrogen (secondary N) is 1. The summed E-state index contributed by atoms with van der Waals surface area (Å²) in [5.41, 5.74) is 6.92. The van der Waals surface area contributed by atoms with Crippen molar-refractivity contribution in [3.63, 3.8) is 0 Å². The fourth-order valence-electron chi connectivity index (χ4n) is 0.489. The molecule has 0 aliphatic heterocycles. The van der Waals surface area contributed by atoms with Gasteiger partial charge in [0.2, 0.25) is 0 Å². The predicted molar refractivity (Wildman–Crippen MR) is 45.0 cm³/mol. The number of hydrogen-bond donors (Lipinski definition) is 2. The first kappa shape index (κ1) is 8.69. The van der Waals surface area contributed by atoms with Crippen LogP contribution in [-0.4, -0.2) is 6.21 Å². The average Bonchev–Trinajstić information content (AvgIpc) is 1.88. The van der Waals surface area contributed by atoms with E-state index in [1.165, 1.54) is 6.21 Å². The monoisotopic (exact) mass is 136 g/mol. The normalized spacial score (nSPS) is 12.9. The molecule has 3 N–H and O–H groups in total. The van der Waals surface area contributed by atoms with Crippen LogP contribution in [0.1, 0.15) is 6.92 Å². The van der Waals surface area contributed by atoms with Gasteiger partial charge in [-0.25, -0.2) is 0 Å². The minimum atomic E-state index is 0.621. The highest BCUT2D eigenvalue weighted by Crippen LogP contribution is 1.93. The summed E-state index contributed by atoms with van der Waals surface area (Å²) in [7, 11) is 0. The summed E-state index contributed by atoms with van der Waals surface area (Å²) < 4.78 is 0. The molecule has 0 rings (SSSR count). The van der Waals surface area contributed by atoms with E-state index in [-0.39, 0.29) is 0 Å². The van der Waals surface area contributed by atoms with Crippen molar-refractivity contribution in [2.75, 3.05) is 0 Å². The summed E-state index contributed by atoms with van der Waals surface area (Å²) in [6.07, 6.45) is 6.27. The molecule has 0 heterocycles. The zero-order chi connectivity index (χ0) is 7.98. The Kier molecular flexibility index (Phi) is 3.96. The molecule has 0 bridgehead atoms. The summed E-state index contributed by atoms with van der Waals surface area (Å²) in [6.45, 7) is 5.31. The molecule has 0 atom stereocenters. The van der Waals surface area contributed by atoms with Crippen molar-refractivity contribution in [1.29, 1.82) is 5.41 Å². The first-order chi connectivity index (χ1) is 4.70. The Morgan fingerprint density at radius 2 is 2.20 bits per heavy atom. The summed E-state index contributed by atoms with van der Waals surface area (Å²) >= 11 is 0. The summed E-state index contributed by atoms with van der Waals surface area (Å²) in [5.74, 6) is 0. The predicted octanol–water partition coefficient (Wildman–Crippen LogP) is 1.61. The Labute approximate surface area is 61.3 Å². The van der Waals surface area contributed by atoms with Crippen molar-refractivity contribution >= 4 is 6.21 Å². The van der Waals surface area contributed by atoms with Crippen LogP contribution in [0, 0.1) is 5.41 Å². The van der Waals surface area contributed by atoms with E-state index < -0.39 is 0 Å². The van der Waals surface area contributed by atoms with Crippen LogP contribution in [0.3, 0.4) is 0 Å². The summed E-state index contributed by atoms with van der Waals surface area (Å²) in [6, 6.07) is 0. The molecule has 0 radical (unpaired) electrons. The van der Waals surface area contributed by atoms with Crippen molar-refractivity contribution in [2.45, 2.75) is 6.92 Å². The molecule has 0 aromatic heterocycles. The van der Waals surface area contributed by atoms with Crippen molar-refractivity contribution in [3.05, 3.63) is 36.1 Å². The molecule has 54 valence electrons. The molecule has 0 aromatic rings. The highest BCUT2D eigenvalue weighted by atomic mass is 14.6. The zero-order valence-electron chi connectivity index (χ0n) is 6.09. The van der Waals surface area contributed by atoms with Crippen LogP contribution in [0.5, 0.6) is 0 Å². The lowest BCUT2D eigenvalue weighted by molar-refractivity contribution is 1.39. The Bertz CT molecular complexity index is 187. The number of nitrogens with two attached hydrogens (primary N) is 1. The van der Waals surface area contributed by atoms with E-state index in [1.54, 1.807) is 18.2 Å². The molecular weight excluding hydrogens is 124 g/mol. The molecule has 2 heteroatoms. The van der Waals surface area contributed by atoms with Crippen LogP contribution in [0.15, 0.2) is 36.1 Å². The van der Waals surface area contributed by atoms with Crippen LogP contribution >= 0.6 is 0 Å². The molecule has 10 heavy (non-hydrogen) atoms. The number of rotatable bonds is 3. The van der Waals surface area contributed by atoms with Gasteiger partial charge < -0.3 is 11.1 Å². The average molecular weight is 136 g/mol. The van der Waals surface area contributed by atoms with Crippen LogP contribution in [0.2, 0.25) is 0 Å². The van der Waals surface area contributed by atoms with Gasteiger partial charge in [0.05, 0.1) is 0 Å². The van der Waals surface area contributed by atoms with E-state index in [9.17, 15) is 0 Å². The van der Waals surface area contributed by atoms with Crippen LogP contribution < -0.4 is 5.73 Å². The molecule has 0 saturated heterocycles. The molecule has 0 saturated carbocycles. The lowest BCUT2D eigenvalue weighted by Gasteiger charge is -1.90. The maximum Gasteiger partial charge on any atom is 0.0316 e. The second-order valence-corrected chi connectivity index (χ2v) is 1.94. The number of allylic oxidation sites excluding steroid dienone is 4. The van der Waals surface area contributed by atoms with Gasteiger partial charge in [0.15, 0.2) is 0 Å². The van der Waals surface area contributed by atoms with Crippen molar-refractivity contribution in [2.24, 2.45) is 5.73 Å². The Morgan fingerprint density at radius 3 is 2.60 bits per heavy atom. The molecular formula is C8H12N2. The third kappa shape index (κ3) is 3.66. The van der Waals surface area contributed by atoms with Crippen LogP contribution in [0.25, 0.3) is 0 Å². The Balaban J connectivity index is 4.24. The first-order valence-electron chi connectivity index (χ1n) is 2.97. The molecule has 0 amide bonds. The highest BCUT2D eigenvalue weighted by molar-refractivity contribution is 5.75. The smallest absolute Gasteiger partial charge is 0.0316 e. The summed E-state index contributed by atoms with van der Waals surface area (Å²) in [4.78, 5) is 0. The second kappa shape index (κ2) is 4.56. The van der Waals surface area contributed by atoms with Gasteiger partial charge in [0, 0.05) is 11.9 Å². The van der Waals surface area contributed by atoms with Gasteiger partial charge in [0.25, 0.3) is 0 Å². The third-order valence-corrected chi connectivity index (χ3v) is 0.932. The topological polar surface area (TPSA) is 49.9 Å². The van der Waals surface area contributed by atoms with E-state index in [0.717, 1.165) is 5.57 Å². The van der Waals surface area contributed by atoms with Gasteiger partial charge in [-0.3, -0.25) is 0 Å². The van der Waals surface area contributed by atoms with Gasteiger partial charge in [0.1, 0.15) is 0 Å². The van der Waals surface area contributed by atoms with E-state index in [1.807, 2.05) is 6.92 Å².